The fourth-order valence-corrected chi connectivity index (χ4v) is 4.34. The van der Waals surface area contributed by atoms with Gasteiger partial charge in [-0.2, -0.15) is 4.72 Å². The molecule has 1 amide bonds. The molecule has 0 saturated carbocycles. The molecule has 0 saturated heterocycles. The van der Waals surface area contributed by atoms with Gasteiger partial charge in [0.25, 0.3) is 0 Å². The molecule has 0 aliphatic rings. The number of carbonyl (C=O) groups excluding carboxylic acids is 1. The highest BCUT2D eigenvalue weighted by Crippen LogP contribution is 2.21. The SMILES string of the molecule is O=C(CC[C@H](NS(=O)(=O)c1ccc(-c2ccccc2)cc1)C(=O)O)NCc1ccc(F)cc1. The number of hydrogen-bond donors (Lipinski definition) is 3. The van der Waals surface area contributed by atoms with Gasteiger partial charge in [0.05, 0.1) is 4.90 Å². The van der Waals surface area contributed by atoms with Crippen molar-refractivity contribution >= 4 is 21.9 Å². The van der Waals surface area contributed by atoms with Crippen LogP contribution in [0.4, 0.5) is 4.39 Å². The Labute approximate surface area is 191 Å². The second-order valence-electron chi connectivity index (χ2n) is 7.34. The summed E-state index contributed by atoms with van der Waals surface area (Å²) in [6.07, 6.45) is -0.431. The molecule has 0 fully saturated rings. The highest BCUT2D eigenvalue weighted by Gasteiger charge is 2.26. The number of hydrogen-bond acceptors (Lipinski definition) is 4. The number of benzene rings is 3. The molecule has 0 radical (unpaired) electrons. The summed E-state index contributed by atoms with van der Waals surface area (Å²) in [6, 6.07) is 19.6. The normalized spacial score (nSPS) is 12.2. The Bertz CT molecular complexity index is 1200. The predicted octanol–water partition coefficient (Wildman–Crippen LogP) is 3.32. The van der Waals surface area contributed by atoms with E-state index in [1.807, 2.05) is 30.3 Å². The second kappa shape index (κ2) is 10.8. The molecule has 9 heteroatoms. The summed E-state index contributed by atoms with van der Waals surface area (Å²) in [4.78, 5) is 23.6. The van der Waals surface area contributed by atoms with E-state index >= 15 is 0 Å². The van der Waals surface area contributed by atoms with E-state index in [-0.39, 0.29) is 24.3 Å². The van der Waals surface area contributed by atoms with Crippen molar-refractivity contribution in [3.8, 4) is 11.1 Å². The van der Waals surface area contributed by atoms with Crippen molar-refractivity contribution in [2.75, 3.05) is 0 Å². The number of aliphatic carboxylic acids is 1. The van der Waals surface area contributed by atoms with Crippen molar-refractivity contribution in [1.82, 2.24) is 10.0 Å². The molecule has 172 valence electrons. The zero-order valence-corrected chi connectivity index (χ0v) is 18.4. The monoisotopic (exact) mass is 470 g/mol. The molecule has 0 heterocycles. The van der Waals surface area contributed by atoms with Crippen LogP contribution in [0.1, 0.15) is 18.4 Å². The lowest BCUT2D eigenvalue weighted by atomic mass is 10.1. The topological polar surface area (TPSA) is 113 Å². The van der Waals surface area contributed by atoms with Crippen LogP contribution in [0.15, 0.2) is 83.8 Å². The van der Waals surface area contributed by atoms with Gasteiger partial charge in [0.2, 0.25) is 15.9 Å². The molecule has 33 heavy (non-hydrogen) atoms. The van der Waals surface area contributed by atoms with Crippen LogP contribution in [0.2, 0.25) is 0 Å². The number of carboxylic acids is 1. The molecular weight excluding hydrogens is 447 g/mol. The second-order valence-corrected chi connectivity index (χ2v) is 9.06. The molecular formula is C24H23FN2O5S. The molecule has 0 spiro atoms. The van der Waals surface area contributed by atoms with Gasteiger partial charge in [0, 0.05) is 13.0 Å². The first kappa shape index (κ1) is 24.1. The predicted molar refractivity (Wildman–Crippen MR) is 121 cm³/mol. The highest BCUT2D eigenvalue weighted by atomic mass is 32.2. The molecule has 3 N–H and O–H groups in total. The Morgan fingerprint density at radius 3 is 2.09 bits per heavy atom. The van der Waals surface area contributed by atoms with Crippen molar-refractivity contribution in [2.45, 2.75) is 30.3 Å². The minimum absolute atomic E-state index is 0.0748. The Kier molecular flexibility index (Phi) is 7.92. The summed E-state index contributed by atoms with van der Waals surface area (Å²) in [5, 5.41) is 12.0. The maximum Gasteiger partial charge on any atom is 0.321 e. The standard InChI is InChI=1S/C24H23FN2O5S/c25-20-10-6-17(7-11-20)16-26-23(28)15-14-22(24(29)30)27-33(31,32)21-12-8-19(9-13-21)18-4-2-1-3-5-18/h1-13,22,27H,14-16H2,(H,26,28)(H,29,30)/t22-/m0/s1. The minimum atomic E-state index is -4.11. The van der Waals surface area contributed by atoms with E-state index in [1.165, 1.54) is 36.4 Å². The molecule has 0 bridgehead atoms. The van der Waals surface area contributed by atoms with E-state index in [2.05, 4.69) is 10.0 Å². The first-order valence-corrected chi connectivity index (χ1v) is 11.6. The van der Waals surface area contributed by atoms with Crippen LogP contribution in [0.5, 0.6) is 0 Å². The maximum absolute atomic E-state index is 12.9. The van der Waals surface area contributed by atoms with Gasteiger partial charge in [-0.05, 0) is 47.4 Å². The number of amides is 1. The van der Waals surface area contributed by atoms with E-state index in [0.717, 1.165) is 11.1 Å². The molecule has 0 aromatic heterocycles. The van der Waals surface area contributed by atoms with Crippen LogP contribution in [-0.2, 0) is 26.2 Å². The van der Waals surface area contributed by atoms with E-state index in [1.54, 1.807) is 12.1 Å². The third-order valence-electron chi connectivity index (χ3n) is 4.93. The Morgan fingerprint density at radius 2 is 1.48 bits per heavy atom. The average molecular weight is 471 g/mol. The summed E-state index contributed by atoms with van der Waals surface area (Å²) in [5.74, 6) is -2.22. The summed E-state index contributed by atoms with van der Waals surface area (Å²) in [7, 11) is -4.11. The molecule has 0 aliphatic heterocycles. The van der Waals surface area contributed by atoms with Crippen LogP contribution in [0, 0.1) is 5.82 Å². The third-order valence-corrected chi connectivity index (χ3v) is 6.42. The van der Waals surface area contributed by atoms with Crippen molar-refractivity contribution in [3.63, 3.8) is 0 Å². The molecule has 0 unspecified atom stereocenters. The Balaban J connectivity index is 1.58. The zero-order chi connectivity index (χ0) is 23.8. The van der Waals surface area contributed by atoms with E-state index in [9.17, 15) is 27.5 Å². The summed E-state index contributed by atoms with van der Waals surface area (Å²) in [6.45, 7) is 0.149. The number of rotatable bonds is 10. The molecule has 0 aliphatic carbocycles. The number of halogens is 1. The Hall–Kier alpha value is -3.56. The number of sulfonamides is 1. The highest BCUT2D eigenvalue weighted by molar-refractivity contribution is 7.89. The van der Waals surface area contributed by atoms with Crippen molar-refractivity contribution < 1.29 is 27.5 Å². The lowest BCUT2D eigenvalue weighted by molar-refractivity contribution is -0.139. The van der Waals surface area contributed by atoms with E-state index in [4.69, 9.17) is 0 Å². The lowest BCUT2D eigenvalue weighted by Crippen LogP contribution is -2.41. The fourth-order valence-electron chi connectivity index (χ4n) is 3.11. The van der Waals surface area contributed by atoms with Gasteiger partial charge >= 0.3 is 5.97 Å². The fraction of sp³-hybridized carbons (Fsp3) is 0.167. The molecule has 3 aromatic rings. The minimum Gasteiger partial charge on any atom is -0.480 e. The summed E-state index contributed by atoms with van der Waals surface area (Å²) >= 11 is 0. The number of carbonyl (C=O) groups is 2. The smallest absolute Gasteiger partial charge is 0.321 e. The molecule has 3 aromatic carbocycles. The van der Waals surface area contributed by atoms with E-state index in [0.29, 0.717) is 5.56 Å². The number of nitrogens with one attached hydrogen (secondary N) is 2. The van der Waals surface area contributed by atoms with Crippen LogP contribution in [0.3, 0.4) is 0 Å². The van der Waals surface area contributed by atoms with Crippen LogP contribution in [-0.4, -0.2) is 31.4 Å². The lowest BCUT2D eigenvalue weighted by Gasteiger charge is -2.15. The zero-order valence-electron chi connectivity index (χ0n) is 17.6. The van der Waals surface area contributed by atoms with Crippen molar-refractivity contribution in [2.24, 2.45) is 0 Å². The maximum atomic E-state index is 12.9. The molecule has 1 atom stereocenters. The van der Waals surface area contributed by atoms with Crippen molar-refractivity contribution in [1.29, 1.82) is 0 Å². The van der Waals surface area contributed by atoms with Crippen molar-refractivity contribution in [3.05, 3.63) is 90.2 Å². The number of carboxylic acid groups (broad SMARTS) is 1. The van der Waals surface area contributed by atoms with Gasteiger partial charge in [-0.1, -0.05) is 54.6 Å². The summed E-state index contributed by atoms with van der Waals surface area (Å²) < 4.78 is 40.4. The Morgan fingerprint density at radius 1 is 0.879 bits per heavy atom. The van der Waals surface area contributed by atoms with Crippen LogP contribution < -0.4 is 10.0 Å². The van der Waals surface area contributed by atoms with Gasteiger partial charge < -0.3 is 10.4 Å². The first-order chi connectivity index (χ1) is 15.7. The van der Waals surface area contributed by atoms with Gasteiger partial charge in [-0.15, -0.1) is 0 Å². The first-order valence-electron chi connectivity index (χ1n) is 10.2. The largest absolute Gasteiger partial charge is 0.480 e. The van der Waals surface area contributed by atoms with E-state index < -0.39 is 33.8 Å². The summed E-state index contributed by atoms with van der Waals surface area (Å²) in [5.41, 5.74) is 2.42. The van der Waals surface area contributed by atoms with Gasteiger partial charge in [0.15, 0.2) is 0 Å². The van der Waals surface area contributed by atoms with Crippen LogP contribution in [0.25, 0.3) is 11.1 Å². The van der Waals surface area contributed by atoms with Gasteiger partial charge in [0.1, 0.15) is 11.9 Å². The van der Waals surface area contributed by atoms with Crippen LogP contribution >= 0.6 is 0 Å². The average Bonchev–Trinajstić information content (AvgIpc) is 2.82. The quantitative estimate of drug-likeness (QED) is 0.421. The third kappa shape index (κ3) is 6.96. The van der Waals surface area contributed by atoms with Gasteiger partial charge in [-0.3, -0.25) is 9.59 Å². The molecule has 3 rings (SSSR count). The molecule has 7 nitrogen and oxygen atoms in total. The van der Waals surface area contributed by atoms with Gasteiger partial charge in [-0.25, -0.2) is 12.8 Å².